The molecule has 0 unspecified atom stereocenters. The molecule has 10 heteroatoms. The molecule has 2 rings (SSSR count). The molecule has 0 aliphatic heterocycles. The summed E-state index contributed by atoms with van der Waals surface area (Å²) in [4.78, 5) is 13.1. The molecule has 0 saturated carbocycles. The first-order valence-corrected chi connectivity index (χ1v) is 10.9. The van der Waals surface area contributed by atoms with E-state index in [1.54, 1.807) is 25.2 Å². The number of hydrogen-bond acceptors (Lipinski definition) is 6. The van der Waals surface area contributed by atoms with Crippen molar-refractivity contribution < 1.29 is 18.2 Å². The van der Waals surface area contributed by atoms with E-state index in [-0.39, 0.29) is 22.7 Å². The van der Waals surface area contributed by atoms with Crippen molar-refractivity contribution in [1.82, 2.24) is 4.72 Å². The number of likely N-dealkylation sites (N-methyl/N-ethyl adjacent to an activating group) is 1. The predicted molar refractivity (Wildman–Crippen MR) is 107 cm³/mol. The van der Waals surface area contributed by atoms with Gasteiger partial charge in [-0.15, -0.1) is 11.3 Å². The standard InChI is InChI=1S/C17H24N4O4S2/c1-12(2)19-27(24,25)13-7-8-14(15(10-13)21(22)23)18-11-16(20(3)4)17-6-5-9-26-17/h5-10,12,16,18-19H,11H2,1-4H3/p+1/t16-/m1/s1. The first-order chi connectivity index (χ1) is 12.6. The fourth-order valence-corrected chi connectivity index (χ4v) is 4.87. The molecule has 1 aromatic heterocycles. The zero-order valence-electron chi connectivity index (χ0n) is 15.7. The van der Waals surface area contributed by atoms with Gasteiger partial charge in [0.2, 0.25) is 10.0 Å². The SMILES string of the molecule is CC(C)NS(=O)(=O)c1ccc(NC[C@H](c2cccs2)[NH+](C)C)c([N+](=O)[O-])c1. The largest absolute Gasteiger partial charge is 0.373 e. The number of hydrogen-bond donors (Lipinski definition) is 3. The maximum absolute atomic E-state index is 12.3. The third-order valence-corrected chi connectivity index (χ3v) is 6.59. The Kier molecular flexibility index (Phi) is 6.93. The van der Waals surface area contributed by atoms with E-state index >= 15 is 0 Å². The van der Waals surface area contributed by atoms with E-state index in [1.165, 1.54) is 21.9 Å². The maximum atomic E-state index is 12.3. The predicted octanol–water partition coefficient (Wildman–Crippen LogP) is 1.64. The van der Waals surface area contributed by atoms with Gasteiger partial charge in [-0.05, 0) is 37.4 Å². The number of quaternary nitrogens is 1. The van der Waals surface area contributed by atoms with Crippen molar-refractivity contribution in [3.8, 4) is 0 Å². The summed E-state index contributed by atoms with van der Waals surface area (Å²) in [7, 11) is 0.246. The molecule has 27 heavy (non-hydrogen) atoms. The monoisotopic (exact) mass is 413 g/mol. The van der Waals surface area contributed by atoms with Crippen LogP contribution >= 0.6 is 11.3 Å². The Bertz CT molecular complexity index is 880. The van der Waals surface area contributed by atoms with Crippen LogP contribution in [0.25, 0.3) is 0 Å². The van der Waals surface area contributed by atoms with E-state index in [1.807, 2.05) is 31.6 Å². The lowest BCUT2D eigenvalue weighted by Gasteiger charge is -2.21. The second-order valence-electron chi connectivity index (χ2n) is 6.74. The molecule has 0 aliphatic rings. The molecule has 0 aliphatic carbocycles. The van der Waals surface area contributed by atoms with Crippen LogP contribution in [0.1, 0.15) is 24.8 Å². The average Bonchev–Trinajstić information content (AvgIpc) is 3.07. The zero-order valence-corrected chi connectivity index (χ0v) is 17.4. The van der Waals surface area contributed by atoms with E-state index in [9.17, 15) is 18.5 Å². The van der Waals surface area contributed by atoms with Crippen molar-refractivity contribution in [2.45, 2.75) is 30.8 Å². The van der Waals surface area contributed by atoms with Gasteiger partial charge >= 0.3 is 0 Å². The molecule has 0 bridgehead atoms. The first-order valence-electron chi connectivity index (χ1n) is 8.50. The van der Waals surface area contributed by atoms with Gasteiger partial charge in [-0.2, -0.15) is 0 Å². The van der Waals surface area contributed by atoms with Crippen LogP contribution in [0.5, 0.6) is 0 Å². The number of sulfonamides is 1. The summed E-state index contributed by atoms with van der Waals surface area (Å²) in [5.41, 5.74) is 0.0339. The molecule has 1 atom stereocenters. The number of nitro benzene ring substituents is 1. The Morgan fingerprint density at radius 3 is 2.48 bits per heavy atom. The molecule has 0 saturated heterocycles. The summed E-state index contributed by atoms with van der Waals surface area (Å²) in [6.45, 7) is 3.87. The Labute approximate surface area is 163 Å². The number of thiophene rings is 1. The van der Waals surface area contributed by atoms with Gasteiger partial charge in [0, 0.05) is 12.1 Å². The number of rotatable bonds is 9. The van der Waals surface area contributed by atoms with Crippen molar-refractivity contribution in [2.75, 3.05) is 26.0 Å². The number of benzene rings is 1. The van der Waals surface area contributed by atoms with E-state index in [4.69, 9.17) is 0 Å². The Morgan fingerprint density at radius 1 is 1.26 bits per heavy atom. The molecule has 148 valence electrons. The summed E-state index contributed by atoms with van der Waals surface area (Å²) in [6.07, 6.45) is 0. The van der Waals surface area contributed by atoms with Gasteiger partial charge in [-0.3, -0.25) is 10.1 Å². The second kappa shape index (κ2) is 8.79. The average molecular weight is 414 g/mol. The summed E-state index contributed by atoms with van der Waals surface area (Å²) >= 11 is 1.63. The number of nitrogens with one attached hydrogen (secondary N) is 3. The number of anilines is 1. The highest BCUT2D eigenvalue weighted by atomic mass is 32.2. The van der Waals surface area contributed by atoms with E-state index in [0.717, 1.165) is 6.07 Å². The molecular weight excluding hydrogens is 388 g/mol. The topological polar surface area (TPSA) is 106 Å². The lowest BCUT2D eigenvalue weighted by atomic mass is 10.2. The van der Waals surface area contributed by atoms with Crippen LogP contribution in [0, 0.1) is 10.1 Å². The fourth-order valence-electron chi connectivity index (χ4n) is 2.65. The van der Waals surface area contributed by atoms with Gasteiger partial charge in [-0.25, -0.2) is 13.1 Å². The van der Waals surface area contributed by atoms with Crippen molar-refractivity contribution in [1.29, 1.82) is 0 Å². The molecule has 0 amide bonds. The Balaban J connectivity index is 2.28. The highest BCUT2D eigenvalue weighted by Crippen LogP contribution is 2.28. The highest BCUT2D eigenvalue weighted by Gasteiger charge is 2.24. The smallest absolute Gasteiger partial charge is 0.293 e. The van der Waals surface area contributed by atoms with Gasteiger partial charge in [0.05, 0.1) is 35.3 Å². The van der Waals surface area contributed by atoms with Gasteiger partial charge < -0.3 is 10.2 Å². The Morgan fingerprint density at radius 2 is 1.96 bits per heavy atom. The van der Waals surface area contributed by atoms with Crippen LogP contribution in [-0.4, -0.2) is 40.0 Å². The summed E-state index contributed by atoms with van der Waals surface area (Å²) in [5, 5.41) is 16.6. The minimum atomic E-state index is -3.80. The van der Waals surface area contributed by atoms with E-state index in [0.29, 0.717) is 12.2 Å². The normalized spacial score (nSPS) is 13.1. The molecule has 0 spiro atoms. The molecule has 3 N–H and O–H groups in total. The fraction of sp³-hybridized carbons (Fsp3) is 0.412. The molecule has 1 aromatic carbocycles. The van der Waals surface area contributed by atoms with Crippen molar-refractivity contribution in [2.24, 2.45) is 0 Å². The van der Waals surface area contributed by atoms with Crippen LogP contribution in [-0.2, 0) is 10.0 Å². The van der Waals surface area contributed by atoms with Crippen molar-refractivity contribution in [3.63, 3.8) is 0 Å². The third-order valence-electron chi connectivity index (χ3n) is 3.95. The molecule has 0 radical (unpaired) electrons. The van der Waals surface area contributed by atoms with Crippen molar-refractivity contribution in [3.05, 3.63) is 50.7 Å². The van der Waals surface area contributed by atoms with E-state index in [2.05, 4.69) is 10.0 Å². The maximum Gasteiger partial charge on any atom is 0.293 e. The third kappa shape index (κ3) is 5.48. The highest BCUT2D eigenvalue weighted by molar-refractivity contribution is 7.89. The lowest BCUT2D eigenvalue weighted by molar-refractivity contribution is -0.889. The summed E-state index contributed by atoms with van der Waals surface area (Å²) in [5.74, 6) is 0. The molecule has 1 heterocycles. The van der Waals surface area contributed by atoms with Crippen LogP contribution in [0.4, 0.5) is 11.4 Å². The summed E-state index contributed by atoms with van der Waals surface area (Å²) < 4.78 is 27.0. The second-order valence-corrected chi connectivity index (χ2v) is 9.43. The Hall–Kier alpha value is -2.01. The van der Waals surface area contributed by atoms with Crippen molar-refractivity contribution >= 4 is 32.7 Å². The molecule has 2 aromatic rings. The van der Waals surface area contributed by atoms with Gasteiger partial charge in [-0.1, -0.05) is 6.07 Å². The van der Waals surface area contributed by atoms with E-state index < -0.39 is 14.9 Å². The van der Waals surface area contributed by atoms with Gasteiger partial charge in [0.25, 0.3) is 5.69 Å². The van der Waals surface area contributed by atoms with Gasteiger partial charge in [0.15, 0.2) is 0 Å². The minimum Gasteiger partial charge on any atom is -0.373 e. The van der Waals surface area contributed by atoms with Crippen LogP contribution < -0.4 is 14.9 Å². The quantitative estimate of drug-likeness (QED) is 0.428. The first kappa shape index (κ1) is 21.3. The lowest BCUT2D eigenvalue weighted by Crippen LogP contribution is -3.06. The zero-order chi connectivity index (χ0) is 20.2. The molecule has 0 fully saturated rings. The number of nitro groups is 1. The summed E-state index contributed by atoms with van der Waals surface area (Å²) in [6, 6.07) is 7.74. The molecular formula is C17H25N4O4S2+. The van der Waals surface area contributed by atoms with Crippen LogP contribution in [0.2, 0.25) is 0 Å². The minimum absolute atomic E-state index is 0.121. The van der Waals surface area contributed by atoms with Gasteiger partial charge in [0.1, 0.15) is 11.7 Å². The molecule has 8 nitrogen and oxygen atoms in total. The number of nitrogens with zero attached hydrogens (tertiary/aromatic N) is 1. The van der Waals surface area contributed by atoms with Crippen LogP contribution in [0.3, 0.4) is 0 Å². The van der Waals surface area contributed by atoms with Crippen LogP contribution in [0.15, 0.2) is 40.6 Å².